The van der Waals surface area contributed by atoms with Gasteiger partial charge >= 0.3 is 0 Å². The molecular weight excluding hydrogens is 392 g/mol. The van der Waals surface area contributed by atoms with Gasteiger partial charge in [-0.1, -0.05) is 24.6 Å². The van der Waals surface area contributed by atoms with Crippen molar-refractivity contribution in [1.29, 1.82) is 0 Å². The summed E-state index contributed by atoms with van der Waals surface area (Å²) in [5.41, 5.74) is 2.60. The van der Waals surface area contributed by atoms with Crippen LogP contribution in [0, 0.1) is 6.92 Å². The van der Waals surface area contributed by atoms with Crippen LogP contribution in [-0.2, 0) is 17.8 Å². The summed E-state index contributed by atoms with van der Waals surface area (Å²) >= 11 is 0. The standard InChI is InChI=1S/C24H28N4O3/c1-16-11-12-21(30-3)20(14-16)25-24(29)17(2)31-19-9-7-8-18(15-19)23-27-26-22-10-5-4-6-13-28(22)23/h7-9,11-12,14-15,17H,4-6,10,13H2,1-3H3,(H,25,29)/t17-/m0/s1. The average molecular weight is 421 g/mol. The van der Waals surface area contributed by atoms with E-state index in [1.807, 2.05) is 49.4 Å². The summed E-state index contributed by atoms with van der Waals surface area (Å²) in [4.78, 5) is 12.7. The van der Waals surface area contributed by atoms with E-state index < -0.39 is 6.10 Å². The highest BCUT2D eigenvalue weighted by molar-refractivity contribution is 5.95. The summed E-state index contributed by atoms with van der Waals surface area (Å²) in [5.74, 6) is 2.87. The fourth-order valence-electron chi connectivity index (χ4n) is 3.82. The zero-order valence-corrected chi connectivity index (χ0v) is 18.2. The second kappa shape index (κ2) is 9.20. The van der Waals surface area contributed by atoms with Crippen LogP contribution in [0.25, 0.3) is 11.4 Å². The van der Waals surface area contributed by atoms with Crippen LogP contribution < -0.4 is 14.8 Å². The Kier molecular flexibility index (Phi) is 6.21. The predicted molar refractivity (Wildman–Crippen MR) is 119 cm³/mol. The molecule has 1 aliphatic rings. The summed E-state index contributed by atoms with van der Waals surface area (Å²) in [6.07, 6.45) is 3.77. The van der Waals surface area contributed by atoms with E-state index in [0.29, 0.717) is 17.2 Å². The third-order valence-electron chi connectivity index (χ3n) is 5.50. The number of benzene rings is 2. The highest BCUT2D eigenvalue weighted by Gasteiger charge is 2.19. The first-order valence-corrected chi connectivity index (χ1v) is 10.7. The van der Waals surface area contributed by atoms with Gasteiger partial charge in [0.15, 0.2) is 11.9 Å². The molecule has 4 rings (SSSR count). The third-order valence-corrected chi connectivity index (χ3v) is 5.50. The van der Waals surface area contributed by atoms with E-state index in [1.54, 1.807) is 14.0 Å². The molecular formula is C24H28N4O3. The van der Waals surface area contributed by atoms with Crippen molar-refractivity contribution in [3.05, 3.63) is 53.9 Å². The lowest BCUT2D eigenvalue weighted by molar-refractivity contribution is -0.122. The quantitative estimate of drug-likeness (QED) is 0.640. The molecule has 7 nitrogen and oxygen atoms in total. The number of aromatic nitrogens is 3. The van der Waals surface area contributed by atoms with Crippen LogP contribution in [0.15, 0.2) is 42.5 Å². The monoisotopic (exact) mass is 420 g/mol. The molecule has 1 N–H and O–H groups in total. The number of ether oxygens (including phenoxy) is 2. The van der Waals surface area contributed by atoms with Gasteiger partial charge in [-0.25, -0.2) is 0 Å². The molecule has 1 aliphatic heterocycles. The molecule has 1 atom stereocenters. The van der Waals surface area contributed by atoms with Gasteiger partial charge in [-0.2, -0.15) is 0 Å². The molecule has 0 bridgehead atoms. The minimum Gasteiger partial charge on any atom is -0.495 e. The lowest BCUT2D eigenvalue weighted by atomic mass is 10.2. The van der Waals surface area contributed by atoms with Gasteiger partial charge in [0.2, 0.25) is 0 Å². The lowest BCUT2D eigenvalue weighted by Gasteiger charge is -2.17. The molecule has 1 amide bonds. The van der Waals surface area contributed by atoms with Crippen LogP contribution in [0.1, 0.15) is 37.6 Å². The summed E-state index contributed by atoms with van der Waals surface area (Å²) < 4.78 is 13.5. The Morgan fingerprint density at radius 2 is 2.00 bits per heavy atom. The van der Waals surface area contributed by atoms with E-state index in [-0.39, 0.29) is 5.91 Å². The van der Waals surface area contributed by atoms with Crippen molar-refractivity contribution in [2.75, 3.05) is 12.4 Å². The van der Waals surface area contributed by atoms with Gasteiger partial charge in [0.1, 0.15) is 17.3 Å². The first-order chi connectivity index (χ1) is 15.0. The molecule has 0 saturated carbocycles. The number of amides is 1. The number of anilines is 1. The van der Waals surface area contributed by atoms with Gasteiger partial charge in [0.05, 0.1) is 12.8 Å². The van der Waals surface area contributed by atoms with E-state index in [1.165, 1.54) is 6.42 Å². The van der Waals surface area contributed by atoms with Crippen molar-refractivity contribution >= 4 is 11.6 Å². The Labute approximate surface area is 182 Å². The molecule has 0 unspecified atom stereocenters. The van der Waals surface area contributed by atoms with Crippen molar-refractivity contribution in [3.63, 3.8) is 0 Å². The number of aryl methyl sites for hydroxylation is 2. The highest BCUT2D eigenvalue weighted by atomic mass is 16.5. The molecule has 0 saturated heterocycles. The van der Waals surface area contributed by atoms with E-state index in [2.05, 4.69) is 20.1 Å². The number of fused-ring (bicyclic) bond motifs is 1. The maximum Gasteiger partial charge on any atom is 0.265 e. The predicted octanol–water partition coefficient (Wildman–Crippen LogP) is 4.39. The average Bonchev–Trinajstić information content (AvgIpc) is 3.02. The van der Waals surface area contributed by atoms with Crippen LogP contribution >= 0.6 is 0 Å². The Hall–Kier alpha value is -3.35. The second-order valence-electron chi connectivity index (χ2n) is 7.88. The van der Waals surface area contributed by atoms with Crippen molar-refractivity contribution in [1.82, 2.24) is 14.8 Å². The molecule has 3 aromatic rings. The maximum absolute atomic E-state index is 12.7. The zero-order chi connectivity index (χ0) is 21.8. The summed E-state index contributed by atoms with van der Waals surface area (Å²) in [6, 6.07) is 13.3. The molecule has 0 aliphatic carbocycles. The molecule has 7 heteroatoms. The van der Waals surface area contributed by atoms with Gasteiger partial charge in [-0.15, -0.1) is 10.2 Å². The largest absolute Gasteiger partial charge is 0.495 e. The number of methoxy groups -OCH3 is 1. The number of nitrogens with one attached hydrogen (secondary N) is 1. The van der Waals surface area contributed by atoms with Crippen LogP contribution in [0.3, 0.4) is 0 Å². The Bertz CT molecular complexity index is 1080. The van der Waals surface area contributed by atoms with Crippen LogP contribution in [0.2, 0.25) is 0 Å². The van der Waals surface area contributed by atoms with Gasteiger partial charge < -0.3 is 19.4 Å². The number of carbonyl (C=O) groups excluding carboxylic acids is 1. The SMILES string of the molecule is COc1ccc(C)cc1NC(=O)[C@H](C)Oc1cccc(-c2nnc3n2CCCCC3)c1. The van der Waals surface area contributed by atoms with E-state index in [9.17, 15) is 4.79 Å². The molecule has 1 aromatic heterocycles. The Morgan fingerprint density at radius 3 is 2.84 bits per heavy atom. The number of hydrogen-bond acceptors (Lipinski definition) is 5. The topological polar surface area (TPSA) is 78.3 Å². The van der Waals surface area contributed by atoms with Crippen molar-refractivity contribution in [2.45, 2.75) is 52.2 Å². The van der Waals surface area contributed by atoms with Gasteiger partial charge in [0.25, 0.3) is 5.91 Å². The lowest BCUT2D eigenvalue weighted by Crippen LogP contribution is -2.30. The van der Waals surface area contributed by atoms with Crippen molar-refractivity contribution < 1.29 is 14.3 Å². The van der Waals surface area contributed by atoms with Gasteiger partial charge in [-0.3, -0.25) is 4.79 Å². The molecule has 162 valence electrons. The fourth-order valence-corrected chi connectivity index (χ4v) is 3.82. The highest BCUT2D eigenvalue weighted by Crippen LogP contribution is 2.27. The first-order valence-electron chi connectivity index (χ1n) is 10.7. The molecule has 0 fully saturated rings. The summed E-state index contributed by atoms with van der Waals surface area (Å²) in [5, 5.41) is 11.7. The van der Waals surface area contributed by atoms with Crippen LogP contribution in [0.5, 0.6) is 11.5 Å². The maximum atomic E-state index is 12.7. The second-order valence-corrected chi connectivity index (χ2v) is 7.88. The van der Waals surface area contributed by atoms with E-state index in [0.717, 1.165) is 48.6 Å². The van der Waals surface area contributed by atoms with Crippen LogP contribution in [-0.4, -0.2) is 33.9 Å². The molecule has 31 heavy (non-hydrogen) atoms. The smallest absolute Gasteiger partial charge is 0.265 e. The summed E-state index contributed by atoms with van der Waals surface area (Å²) in [6.45, 7) is 4.62. The fraction of sp³-hybridized carbons (Fsp3) is 0.375. The molecule has 2 heterocycles. The normalized spacial score (nSPS) is 14.3. The number of nitrogens with zero attached hydrogens (tertiary/aromatic N) is 3. The van der Waals surface area contributed by atoms with Gasteiger partial charge in [-0.05, 0) is 56.5 Å². The number of hydrogen-bond donors (Lipinski definition) is 1. The number of rotatable bonds is 6. The van der Waals surface area contributed by atoms with Gasteiger partial charge in [0, 0.05) is 18.5 Å². The number of carbonyl (C=O) groups is 1. The molecule has 2 aromatic carbocycles. The molecule has 0 radical (unpaired) electrons. The van der Waals surface area contributed by atoms with Crippen LogP contribution in [0.4, 0.5) is 5.69 Å². The van der Waals surface area contributed by atoms with E-state index in [4.69, 9.17) is 9.47 Å². The first kappa shape index (κ1) is 20.9. The zero-order valence-electron chi connectivity index (χ0n) is 18.2. The van der Waals surface area contributed by atoms with E-state index >= 15 is 0 Å². The Balaban J connectivity index is 1.48. The summed E-state index contributed by atoms with van der Waals surface area (Å²) in [7, 11) is 1.58. The van der Waals surface area contributed by atoms with Crippen molar-refractivity contribution in [2.24, 2.45) is 0 Å². The van der Waals surface area contributed by atoms with Crippen molar-refractivity contribution in [3.8, 4) is 22.9 Å². The molecule has 0 spiro atoms. The minimum absolute atomic E-state index is 0.245. The Morgan fingerprint density at radius 1 is 1.13 bits per heavy atom. The third kappa shape index (κ3) is 4.71. The minimum atomic E-state index is -0.684.